The highest BCUT2D eigenvalue weighted by atomic mass is 16.5. The van der Waals surface area contributed by atoms with Crippen molar-refractivity contribution in [3.05, 3.63) is 0 Å². The Morgan fingerprint density at radius 3 is 2.92 bits per heavy atom. The summed E-state index contributed by atoms with van der Waals surface area (Å²) in [5.41, 5.74) is -0.135. The van der Waals surface area contributed by atoms with E-state index in [4.69, 9.17) is 5.41 Å². The summed E-state index contributed by atoms with van der Waals surface area (Å²) in [5, 5.41) is 9.94. The molecule has 0 unspecified atom stereocenters. The van der Waals surface area contributed by atoms with E-state index in [1.807, 2.05) is 0 Å². The molecule has 1 atom stereocenters. The second kappa shape index (κ2) is 4.02. The van der Waals surface area contributed by atoms with Crippen molar-refractivity contribution in [2.45, 2.75) is 12.8 Å². The maximum atomic E-state index is 11.1. The molecule has 1 aliphatic rings. The molecule has 1 saturated heterocycles. The lowest BCUT2D eigenvalue weighted by Crippen LogP contribution is -2.24. The van der Waals surface area contributed by atoms with Gasteiger partial charge >= 0.3 is 5.97 Å². The number of carbonyl (C=O) groups is 2. The third-order valence-corrected chi connectivity index (χ3v) is 2.05. The summed E-state index contributed by atoms with van der Waals surface area (Å²) in [5.74, 6) is -0.958. The minimum absolute atomic E-state index is 0.0753. The molecular weight excluding hydrogens is 172 g/mol. The number of nitrogens with one attached hydrogen (secondary N) is 2. The normalized spacial score (nSPS) is 21.0. The molecule has 2 N–H and O–H groups in total. The van der Waals surface area contributed by atoms with E-state index in [2.05, 4.69) is 10.1 Å². The maximum absolute atomic E-state index is 11.1. The van der Waals surface area contributed by atoms with Crippen LogP contribution in [0.3, 0.4) is 0 Å². The summed E-state index contributed by atoms with van der Waals surface area (Å²) in [6.07, 6.45) is 0.872. The molecule has 0 aromatic rings. The van der Waals surface area contributed by atoms with Crippen molar-refractivity contribution in [1.82, 2.24) is 5.32 Å². The van der Waals surface area contributed by atoms with Gasteiger partial charge in [-0.15, -0.1) is 0 Å². The average molecular weight is 184 g/mol. The molecule has 0 saturated carbocycles. The van der Waals surface area contributed by atoms with Crippen molar-refractivity contribution in [3.63, 3.8) is 0 Å². The van der Waals surface area contributed by atoms with E-state index in [0.717, 1.165) is 0 Å². The molecule has 5 heteroatoms. The summed E-state index contributed by atoms with van der Waals surface area (Å²) in [6.45, 7) is 0.637. The van der Waals surface area contributed by atoms with Gasteiger partial charge in [-0.25, -0.2) is 4.79 Å². The van der Waals surface area contributed by atoms with E-state index >= 15 is 0 Å². The highest BCUT2D eigenvalue weighted by Crippen LogP contribution is 2.14. The Kier molecular flexibility index (Phi) is 3.00. The Morgan fingerprint density at radius 1 is 1.77 bits per heavy atom. The van der Waals surface area contributed by atoms with Crippen molar-refractivity contribution in [2.24, 2.45) is 5.92 Å². The van der Waals surface area contributed by atoms with Crippen LogP contribution < -0.4 is 5.32 Å². The molecule has 72 valence electrons. The van der Waals surface area contributed by atoms with Crippen LogP contribution in [0.25, 0.3) is 0 Å². The van der Waals surface area contributed by atoms with Crippen molar-refractivity contribution < 1.29 is 14.3 Å². The topological polar surface area (TPSA) is 79.2 Å². The van der Waals surface area contributed by atoms with Gasteiger partial charge in [0.1, 0.15) is 5.71 Å². The van der Waals surface area contributed by atoms with E-state index in [1.165, 1.54) is 7.11 Å². The van der Waals surface area contributed by atoms with Gasteiger partial charge in [0.2, 0.25) is 5.91 Å². The quantitative estimate of drug-likeness (QED) is 0.467. The molecule has 13 heavy (non-hydrogen) atoms. The van der Waals surface area contributed by atoms with Crippen LogP contribution in [0, 0.1) is 11.3 Å². The SMILES string of the molecule is COC(=O)C(=N)C[C@@H]1CCNC1=O. The zero-order chi connectivity index (χ0) is 9.84. The molecule has 1 aliphatic heterocycles. The van der Waals surface area contributed by atoms with E-state index in [-0.39, 0.29) is 24.0 Å². The Labute approximate surface area is 76.0 Å². The first kappa shape index (κ1) is 9.70. The summed E-state index contributed by atoms with van der Waals surface area (Å²) in [7, 11) is 1.23. The van der Waals surface area contributed by atoms with Crippen LogP contribution in [0.15, 0.2) is 0 Å². The van der Waals surface area contributed by atoms with Crippen molar-refractivity contribution in [2.75, 3.05) is 13.7 Å². The average Bonchev–Trinajstić information content (AvgIpc) is 2.50. The van der Waals surface area contributed by atoms with Crippen molar-refractivity contribution >= 4 is 17.6 Å². The molecule has 0 aromatic carbocycles. The van der Waals surface area contributed by atoms with Gasteiger partial charge in [0, 0.05) is 18.9 Å². The highest BCUT2D eigenvalue weighted by molar-refractivity contribution is 6.35. The molecule has 0 spiro atoms. The van der Waals surface area contributed by atoms with E-state index < -0.39 is 5.97 Å². The fourth-order valence-corrected chi connectivity index (χ4v) is 1.29. The van der Waals surface area contributed by atoms with Crippen LogP contribution in [-0.4, -0.2) is 31.2 Å². The monoisotopic (exact) mass is 184 g/mol. The number of hydrogen-bond acceptors (Lipinski definition) is 4. The molecule has 1 heterocycles. The number of amides is 1. The summed E-state index contributed by atoms with van der Waals surface area (Å²) in [4.78, 5) is 21.9. The van der Waals surface area contributed by atoms with E-state index in [1.54, 1.807) is 0 Å². The van der Waals surface area contributed by atoms with Crippen molar-refractivity contribution in [1.29, 1.82) is 5.41 Å². The number of hydrogen-bond donors (Lipinski definition) is 2. The lowest BCUT2D eigenvalue weighted by molar-refractivity contribution is -0.133. The van der Waals surface area contributed by atoms with Gasteiger partial charge in [-0.05, 0) is 6.42 Å². The lowest BCUT2D eigenvalue weighted by atomic mass is 10.0. The summed E-state index contributed by atoms with van der Waals surface area (Å²) >= 11 is 0. The minimum atomic E-state index is -0.653. The Hall–Kier alpha value is -1.39. The maximum Gasteiger partial charge on any atom is 0.351 e. The van der Waals surface area contributed by atoms with Crippen LogP contribution >= 0.6 is 0 Å². The van der Waals surface area contributed by atoms with Crippen LogP contribution in [0.2, 0.25) is 0 Å². The fourth-order valence-electron chi connectivity index (χ4n) is 1.29. The smallest absolute Gasteiger partial charge is 0.351 e. The van der Waals surface area contributed by atoms with Crippen LogP contribution in [0.5, 0.6) is 0 Å². The lowest BCUT2D eigenvalue weighted by Gasteiger charge is -2.05. The summed E-state index contributed by atoms with van der Waals surface area (Å²) < 4.78 is 4.36. The first-order valence-electron chi connectivity index (χ1n) is 4.08. The summed E-state index contributed by atoms with van der Waals surface area (Å²) in [6, 6.07) is 0. The second-order valence-corrected chi connectivity index (χ2v) is 2.95. The van der Waals surface area contributed by atoms with Gasteiger partial charge in [-0.2, -0.15) is 0 Å². The van der Waals surface area contributed by atoms with Gasteiger partial charge in [0.25, 0.3) is 0 Å². The Bertz CT molecular complexity index is 250. The number of carbonyl (C=O) groups excluding carboxylic acids is 2. The Morgan fingerprint density at radius 2 is 2.46 bits per heavy atom. The van der Waals surface area contributed by atoms with Crippen molar-refractivity contribution in [3.8, 4) is 0 Å². The van der Waals surface area contributed by atoms with Gasteiger partial charge in [0.05, 0.1) is 7.11 Å². The zero-order valence-electron chi connectivity index (χ0n) is 7.42. The number of ether oxygens (including phenoxy) is 1. The molecule has 0 aromatic heterocycles. The third-order valence-electron chi connectivity index (χ3n) is 2.05. The molecule has 1 amide bonds. The van der Waals surface area contributed by atoms with Crippen LogP contribution in [-0.2, 0) is 14.3 Å². The molecule has 0 radical (unpaired) electrons. The standard InChI is InChI=1S/C8H12N2O3/c1-13-8(12)6(9)4-5-2-3-10-7(5)11/h5,9H,2-4H2,1H3,(H,10,11)/t5-/m0/s1. The van der Waals surface area contributed by atoms with E-state index in [9.17, 15) is 9.59 Å². The van der Waals surface area contributed by atoms with Gasteiger partial charge in [-0.1, -0.05) is 0 Å². The fraction of sp³-hybridized carbons (Fsp3) is 0.625. The largest absolute Gasteiger partial charge is 0.465 e. The minimum Gasteiger partial charge on any atom is -0.465 e. The molecule has 5 nitrogen and oxygen atoms in total. The van der Waals surface area contributed by atoms with Crippen LogP contribution in [0.1, 0.15) is 12.8 Å². The molecule has 1 rings (SSSR count). The number of esters is 1. The van der Waals surface area contributed by atoms with Gasteiger partial charge in [-0.3, -0.25) is 10.2 Å². The highest BCUT2D eigenvalue weighted by Gasteiger charge is 2.27. The predicted octanol–water partition coefficient (Wildman–Crippen LogP) is -0.295. The number of methoxy groups -OCH3 is 1. The third kappa shape index (κ3) is 2.27. The Balaban J connectivity index is 2.44. The second-order valence-electron chi connectivity index (χ2n) is 2.95. The molecule has 1 fully saturated rings. The van der Waals surface area contributed by atoms with Crippen LogP contribution in [0.4, 0.5) is 0 Å². The van der Waals surface area contributed by atoms with Gasteiger partial charge in [0.15, 0.2) is 0 Å². The number of rotatable bonds is 3. The first-order valence-corrected chi connectivity index (χ1v) is 4.08. The molecule has 0 bridgehead atoms. The predicted molar refractivity (Wildman–Crippen MR) is 45.5 cm³/mol. The first-order chi connectivity index (χ1) is 6.15. The molecule has 0 aliphatic carbocycles. The molecular formula is C8H12N2O3. The van der Waals surface area contributed by atoms with Gasteiger partial charge < -0.3 is 10.1 Å². The zero-order valence-corrected chi connectivity index (χ0v) is 7.42. The van der Waals surface area contributed by atoms with E-state index in [0.29, 0.717) is 13.0 Å².